The van der Waals surface area contributed by atoms with Gasteiger partial charge in [-0.2, -0.15) is 0 Å². The second kappa shape index (κ2) is 10.2. The van der Waals surface area contributed by atoms with Gasteiger partial charge in [0.05, 0.1) is 13.7 Å². The van der Waals surface area contributed by atoms with E-state index in [9.17, 15) is 14.4 Å². The highest BCUT2D eigenvalue weighted by molar-refractivity contribution is 5.85. The molecule has 0 bridgehead atoms. The summed E-state index contributed by atoms with van der Waals surface area (Å²) < 4.78 is 9.72. The first-order valence-corrected chi connectivity index (χ1v) is 6.90. The van der Waals surface area contributed by atoms with Crippen LogP contribution >= 0.6 is 0 Å². The lowest BCUT2D eigenvalue weighted by atomic mass is 10.3. The fraction of sp³-hybridized carbons (Fsp3) is 0.400. The van der Waals surface area contributed by atoms with Crippen LogP contribution < -0.4 is 15.4 Å². The summed E-state index contributed by atoms with van der Waals surface area (Å²) in [7, 11) is 1.31. The first-order valence-electron chi connectivity index (χ1n) is 6.90. The quantitative estimate of drug-likeness (QED) is 0.504. The van der Waals surface area contributed by atoms with Crippen LogP contribution in [-0.2, 0) is 19.1 Å². The van der Waals surface area contributed by atoms with Gasteiger partial charge in [0, 0.05) is 13.0 Å². The van der Waals surface area contributed by atoms with Crippen molar-refractivity contribution in [1.29, 1.82) is 0 Å². The van der Waals surface area contributed by atoms with E-state index in [1.165, 1.54) is 7.11 Å². The zero-order valence-corrected chi connectivity index (χ0v) is 12.5. The molecule has 0 heterocycles. The van der Waals surface area contributed by atoms with Crippen LogP contribution in [0.1, 0.15) is 12.8 Å². The number of amides is 2. The van der Waals surface area contributed by atoms with Gasteiger partial charge in [-0.3, -0.25) is 14.4 Å². The van der Waals surface area contributed by atoms with E-state index < -0.39 is 0 Å². The predicted octanol–water partition coefficient (Wildman–Crippen LogP) is 0.251. The molecular weight excluding hydrogens is 288 g/mol. The first-order chi connectivity index (χ1) is 10.6. The maximum atomic E-state index is 11.5. The van der Waals surface area contributed by atoms with Crippen molar-refractivity contribution in [3.8, 4) is 5.75 Å². The summed E-state index contributed by atoms with van der Waals surface area (Å²) in [6, 6.07) is 8.92. The fourth-order valence-electron chi connectivity index (χ4n) is 1.52. The molecule has 7 nitrogen and oxygen atoms in total. The van der Waals surface area contributed by atoms with Crippen molar-refractivity contribution in [2.24, 2.45) is 0 Å². The number of carbonyl (C=O) groups excluding carboxylic acids is 3. The molecule has 0 aliphatic heterocycles. The number of methoxy groups -OCH3 is 1. The van der Waals surface area contributed by atoms with Gasteiger partial charge in [0.15, 0.2) is 6.61 Å². The lowest BCUT2D eigenvalue weighted by molar-refractivity contribution is -0.140. The third-order valence-electron chi connectivity index (χ3n) is 2.67. The molecule has 0 aliphatic rings. The first kappa shape index (κ1) is 17.5. The molecule has 0 radical (unpaired) electrons. The van der Waals surface area contributed by atoms with Crippen LogP contribution in [0.3, 0.4) is 0 Å². The van der Waals surface area contributed by atoms with E-state index in [-0.39, 0.29) is 37.4 Å². The van der Waals surface area contributed by atoms with E-state index >= 15 is 0 Å². The summed E-state index contributed by atoms with van der Waals surface area (Å²) in [5, 5.41) is 5.03. The molecule has 0 unspecified atom stereocenters. The number of carbonyl (C=O) groups is 3. The van der Waals surface area contributed by atoms with Gasteiger partial charge < -0.3 is 20.1 Å². The highest BCUT2D eigenvalue weighted by atomic mass is 16.5. The molecule has 1 aromatic rings. The molecule has 0 saturated carbocycles. The standard InChI is InChI=1S/C15H20N2O5/c1-21-15(20)8-5-9-16-13(18)10-17-14(19)11-22-12-6-3-2-4-7-12/h2-4,6-7H,5,8-11H2,1H3,(H,16,18)(H,17,19). The maximum absolute atomic E-state index is 11.5. The number of rotatable bonds is 9. The number of esters is 1. The van der Waals surface area contributed by atoms with Gasteiger partial charge in [-0.25, -0.2) is 0 Å². The van der Waals surface area contributed by atoms with E-state index in [0.717, 1.165) is 0 Å². The molecule has 2 amide bonds. The number of para-hydroxylation sites is 1. The van der Waals surface area contributed by atoms with Crippen molar-refractivity contribution >= 4 is 17.8 Å². The summed E-state index contributed by atoms with van der Waals surface area (Å²) in [5.74, 6) is -0.433. The Labute approximate surface area is 129 Å². The lowest BCUT2D eigenvalue weighted by Crippen LogP contribution is -2.39. The minimum Gasteiger partial charge on any atom is -0.484 e. The number of ether oxygens (including phenoxy) is 2. The van der Waals surface area contributed by atoms with Crippen LogP contribution in [0.15, 0.2) is 30.3 Å². The van der Waals surface area contributed by atoms with Crippen molar-refractivity contribution in [1.82, 2.24) is 10.6 Å². The molecule has 0 saturated heterocycles. The van der Waals surface area contributed by atoms with Crippen LogP contribution in [0.25, 0.3) is 0 Å². The minimum atomic E-state index is -0.381. The predicted molar refractivity (Wildman–Crippen MR) is 79.2 cm³/mol. The SMILES string of the molecule is COC(=O)CCCNC(=O)CNC(=O)COc1ccccc1. The van der Waals surface area contributed by atoms with Crippen molar-refractivity contribution in [2.45, 2.75) is 12.8 Å². The molecule has 2 N–H and O–H groups in total. The van der Waals surface area contributed by atoms with Crippen LogP contribution in [0.4, 0.5) is 0 Å². The summed E-state index contributed by atoms with van der Waals surface area (Å²) in [5.41, 5.74) is 0. The Balaban J connectivity index is 2.08. The number of nitrogens with one attached hydrogen (secondary N) is 2. The van der Waals surface area contributed by atoms with Gasteiger partial charge >= 0.3 is 5.97 Å². The average Bonchev–Trinajstić information content (AvgIpc) is 2.55. The van der Waals surface area contributed by atoms with E-state index in [4.69, 9.17) is 4.74 Å². The maximum Gasteiger partial charge on any atom is 0.305 e. The van der Waals surface area contributed by atoms with Gasteiger partial charge in [0.1, 0.15) is 5.75 Å². The van der Waals surface area contributed by atoms with Crippen LogP contribution in [0, 0.1) is 0 Å². The van der Waals surface area contributed by atoms with Gasteiger partial charge in [0.2, 0.25) is 5.91 Å². The third kappa shape index (κ3) is 7.88. The van der Waals surface area contributed by atoms with Gasteiger partial charge in [-0.05, 0) is 18.6 Å². The van der Waals surface area contributed by atoms with Crippen molar-refractivity contribution in [3.63, 3.8) is 0 Å². The second-order valence-electron chi connectivity index (χ2n) is 4.41. The molecule has 1 rings (SSSR count). The van der Waals surface area contributed by atoms with Crippen molar-refractivity contribution in [3.05, 3.63) is 30.3 Å². The smallest absolute Gasteiger partial charge is 0.305 e. The minimum absolute atomic E-state index is 0.130. The van der Waals surface area contributed by atoms with Crippen LogP contribution in [-0.4, -0.2) is 44.6 Å². The third-order valence-corrected chi connectivity index (χ3v) is 2.67. The van der Waals surface area contributed by atoms with Crippen LogP contribution in [0.5, 0.6) is 5.75 Å². The topological polar surface area (TPSA) is 93.7 Å². The van der Waals surface area contributed by atoms with Gasteiger partial charge in [-0.1, -0.05) is 18.2 Å². The number of hydrogen-bond donors (Lipinski definition) is 2. The molecule has 0 aromatic heterocycles. The molecule has 0 spiro atoms. The molecule has 120 valence electrons. The largest absolute Gasteiger partial charge is 0.484 e. The van der Waals surface area contributed by atoms with E-state index in [1.54, 1.807) is 24.3 Å². The Morgan fingerprint density at radius 2 is 1.77 bits per heavy atom. The summed E-state index contributed by atoms with van der Waals surface area (Å²) in [6.45, 7) is 0.0686. The highest BCUT2D eigenvalue weighted by Gasteiger charge is 2.06. The summed E-state index contributed by atoms with van der Waals surface area (Å²) >= 11 is 0. The summed E-state index contributed by atoms with van der Waals surface area (Å²) in [6.07, 6.45) is 0.734. The molecule has 0 atom stereocenters. The molecule has 1 aromatic carbocycles. The molecule has 7 heteroatoms. The van der Waals surface area contributed by atoms with E-state index in [1.807, 2.05) is 6.07 Å². The highest BCUT2D eigenvalue weighted by Crippen LogP contribution is 2.07. The zero-order valence-electron chi connectivity index (χ0n) is 12.5. The number of hydrogen-bond acceptors (Lipinski definition) is 5. The molecular formula is C15H20N2O5. The average molecular weight is 308 g/mol. The van der Waals surface area contributed by atoms with Gasteiger partial charge in [-0.15, -0.1) is 0 Å². The Morgan fingerprint density at radius 3 is 2.45 bits per heavy atom. The van der Waals surface area contributed by atoms with Crippen molar-refractivity contribution in [2.75, 3.05) is 26.8 Å². The van der Waals surface area contributed by atoms with E-state index in [2.05, 4.69) is 15.4 Å². The Kier molecular flexibility index (Phi) is 8.10. The zero-order chi connectivity index (χ0) is 16.2. The molecule has 0 aliphatic carbocycles. The molecule has 0 fully saturated rings. The van der Waals surface area contributed by atoms with E-state index in [0.29, 0.717) is 18.7 Å². The van der Waals surface area contributed by atoms with Gasteiger partial charge in [0.25, 0.3) is 5.91 Å². The normalized spacial score (nSPS) is 9.68. The lowest BCUT2D eigenvalue weighted by Gasteiger charge is -2.08. The second-order valence-corrected chi connectivity index (χ2v) is 4.41. The molecule has 22 heavy (non-hydrogen) atoms. The Hall–Kier alpha value is -2.57. The fourth-order valence-corrected chi connectivity index (χ4v) is 1.52. The van der Waals surface area contributed by atoms with Crippen LogP contribution in [0.2, 0.25) is 0 Å². The Bertz CT molecular complexity index is 490. The summed E-state index contributed by atoms with van der Waals surface area (Å²) in [4.78, 5) is 33.8. The number of benzene rings is 1. The van der Waals surface area contributed by atoms with Crippen molar-refractivity contribution < 1.29 is 23.9 Å². The monoisotopic (exact) mass is 308 g/mol. The Morgan fingerprint density at radius 1 is 1.05 bits per heavy atom.